The van der Waals surface area contributed by atoms with Crippen molar-refractivity contribution in [2.24, 2.45) is 0 Å². The van der Waals surface area contributed by atoms with Gasteiger partial charge in [-0.05, 0) is 22.6 Å². The number of nitrogens with zero attached hydrogens (tertiary/aromatic N) is 1. The minimum absolute atomic E-state index is 0.274. The van der Waals surface area contributed by atoms with Gasteiger partial charge in [0.1, 0.15) is 0 Å². The van der Waals surface area contributed by atoms with Crippen LogP contribution in [-0.4, -0.2) is 0 Å². The molecule has 2 aromatic rings. The van der Waals surface area contributed by atoms with E-state index in [4.69, 9.17) is 5.26 Å². The first-order valence-corrected chi connectivity index (χ1v) is 5.84. The third kappa shape index (κ3) is 2.54. The van der Waals surface area contributed by atoms with E-state index >= 15 is 0 Å². The van der Waals surface area contributed by atoms with Crippen molar-refractivity contribution >= 4 is 0 Å². The highest BCUT2D eigenvalue weighted by Crippen LogP contribution is 2.30. The van der Waals surface area contributed by atoms with E-state index in [0.29, 0.717) is 6.42 Å². The molecule has 1 nitrogen and oxygen atoms in total. The van der Waals surface area contributed by atoms with E-state index in [1.165, 1.54) is 16.7 Å². The first-order chi connectivity index (χ1) is 8.33. The van der Waals surface area contributed by atoms with Gasteiger partial charge in [0, 0.05) is 6.42 Å². The first-order valence-electron chi connectivity index (χ1n) is 5.84. The van der Waals surface area contributed by atoms with Crippen LogP contribution in [0.2, 0.25) is 0 Å². The summed E-state index contributed by atoms with van der Waals surface area (Å²) in [4.78, 5) is 0. The molecule has 0 N–H and O–H groups in total. The molecule has 2 rings (SSSR count). The molecule has 1 unspecified atom stereocenters. The summed E-state index contributed by atoms with van der Waals surface area (Å²) in [6.45, 7) is 2.10. The van der Waals surface area contributed by atoms with Gasteiger partial charge in [-0.25, -0.2) is 0 Å². The van der Waals surface area contributed by atoms with Crippen molar-refractivity contribution in [1.29, 1.82) is 5.26 Å². The first kappa shape index (κ1) is 11.4. The Morgan fingerprint density at radius 2 is 1.65 bits per heavy atom. The molecular formula is C16H15N. The molecule has 0 heterocycles. The Balaban J connectivity index is 2.45. The topological polar surface area (TPSA) is 23.8 Å². The normalized spacial score (nSPS) is 11.8. The van der Waals surface area contributed by atoms with Crippen LogP contribution in [-0.2, 0) is 0 Å². The molecule has 0 saturated heterocycles. The minimum atomic E-state index is 0.274. The van der Waals surface area contributed by atoms with Crippen LogP contribution in [0.3, 0.4) is 0 Å². The van der Waals surface area contributed by atoms with Crippen LogP contribution >= 0.6 is 0 Å². The third-order valence-electron chi connectivity index (χ3n) is 2.97. The van der Waals surface area contributed by atoms with Gasteiger partial charge in [-0.1, -0.05) is 61.5 Å². The largest absolute Gasteiger partial charge is 0.198 e. The molecule has 2 aromatic carbocycles. The van der Waals surface area contributed by atoms with E-state index in [-0.39, 0.29) is 5.92 Å². The van der Waals surface area contributed by atoms with E-state index in [9.17, 15) is 0 Å². The zero-order chi connectivity index (χ0) is 12.1. The minimum Gasteiger partial charge on any atom is -0.198 e. The second-order valence-electron chi connectivity index (χ2n) is 4.22. The van der Waals surface area contributed by atoms with Crippen LogP contribution in [0.1, 0.15) is 24.8 Å². The molecule has 0 radical (unpaired) electrons. The Hall–Kier alpha value is -2.07. The molecule has 0 amide bonds. The monoisotopic (exact) mass is 221 g/mol. The van der Waals surface area contributed by atoms with Gasteiger partial charge in [-0.2, -0.15) is 5.26 Å². The smallest absolute Gasteiger partial charge is 0.0628 e. The van der Waals surface area contributed by atoms with Crippen LogP contribution in [0.5, 0.6) is 0 Å². The van der Waals surface area contributed by atoms with E-state index in [2.05, 4.69) is 37.3 Å². The Labute approximate surface area is 102 Å². The second-order valence-corrected chi connectivity index (χ2v) is 4.22. The number of benzene rings is 2. The molecule has 0 aromatic heterocycles. The molecule has 0 bridgehead atoms. The lowest BCUT2D eigenvalue weighted by atomic mass is 9.90. The standard InChI is InChI=1S/C16H15N/c1-13(11-12-17)15-9-5-6-10-16(15)14-7-3-2-4-8-14/h2-10,13H,11H2,1H3. The van der Waals surface area contributed by atoms with Crippen LogP contribution in [0.15, 0.2) is 54.6 Å². The Kier molecular flexibility index (Phi) is 3.57. The molecule has 1 atom stereocenters. The number of hydrogen-bond acceptors (Lipinski definition) is 1. The molecule has 84 valence electrons. The molecule has 17 heavy (non-hydrogen) atoms. The highest BCUT2D eigenvalue weighted by atomic mass is 14.2. The fourth-order valence-corrected chi connectivity index (χ4v) is 2.05. The van der Waals surface area contributed by atoms with Gasteiger partial charge in [-0.15, -0.1) is 0 Å². The van der Waals surface area contributed by atoms with Crippen molar-refractivity contribution in [3.05, 3.63) is 60.2 Å². The predicted octanol–water partition coefficient (Wildman–Crippen LogP) is 4.37. The molecule has 0 aliphatic heterocycles. The quantitative estimate of drug-likeness (QED) is 0.755. The van der Waals surface area contributed by atoms with Crippen molar-refractivity contribution < 1.29 is 0 Å². The summed E-state index contributed by atoms with van der Waals surface area (Å²) in [6.07, 6.45) is 0.559. The van der Waals surface area contributed by atoms with Crippen LogP contribution in [0.25, 0.3) is 11.1 Å². The van der Waals surface area contributed by atoms with E-state index in [1.807, 2.05) is 30.3 Å². The summed E-state index contributed by atoms with van der Waals surface area (Å²) in [5, 5.41) is 8.81. The zero-order valence-corrected chi connectivity index (χ0v) is 9.93. The molecular weight excluding hydrogens is 206 g/mol. The average Bonchev–Trinajstić information content (AvgIpc) is 2.40. The van der Waals surface area contributed by atoms with Gasteiger partial charge in [0.05, 0.1) is 6.07 Å². The van der Waals surface area contributed by atoms with Gasteiger partial charge < -0.3 is 0 Å². The zero-order valence-electron chi connectivity index (χ0n) is 9.93. The molecule has 0 fully saturated rings. The van der Waals surface area contributed by atoms with E-state index in [0.717, 1.165) is 0 Å². The Bertz CT molecular complexity index is 523. The van der Waals surface area contributed by atoms with Gasteiger partial charge in [-0.3, -0.25) is 0 Å². The lowest BCUT2D eigenvalue weighted by molar-refractivity contribution is 0.791. The van der Waals surface area contributed by atoms with Crippen molar-refractivity contribution in [2.75, 3.05) is 0 Å². The highest BCUT2D eigenvalue weighted by Gasteiger charge is 2.10. The average molecular weight is 221 g/mol. The fraction of sp³-hybridized carbons (Fsp3) is 0.188. The van der Waals surface area contributed by atoms with Crippen molar-refractivity contribution in [3.63, 3.8) is 0 Å². The fourth-order valence-electron chi connectivity index (χ4n) is 2.05. The summed E-state index contributed by atoms with van der Waals surface area (Å²) in [7, 11) is 0. The highest BCUT2D eigenvalue weighted by molar-refractivity contribution is 5.67. The molecule has 0 aliphatic carbocycles. The summed E-state index contributed by atoms with van der Waals surface area (Å²) >= 11 is 0. The maximum Gasteiger partial charge on any atom is 0.0628 e. The molecule has 0 saturated carbocycles. The van der Waals surface area contributed by atoms with Crippen molar-refractivity contribution in [3.8, 4) is 17.2 Å². The lowest BCUT2D eigenvalue weighted by Crippen LogP contribution is -1.95. The van der Waals surface area contributed by atoms with Crippen molar-refractivity contribution in [2.45, 2.75) is 19.3 Å². The lowest BCUT2D eigenvalue weighted by Gasteiger charge is -2.14. The van der Waals surface area contributed by atoms with Crippen LogP contribution < -0.4 is 0 Å². The number of nitriles is 1. The number of hydrogen-bond donors (Lipinski definition) is 0. The van der Waals surface area contributed by atoms with Gasteiger partial charge in [0.15, 0.2) is 0 Å². The predicted molar refractivity (Wildman–Crippen MR) is 70.5 cm³/mol. The second kappa shape index (κ2) is 5.32. The van der Waals surface area contributed by atoms with Crippen LogP contribution in [0.4, 0.5) is 0 Å². The third-order valence-corrected chi connectivity index (χ3v) is 2.97. The summed E-state index contributed by atoms with van der Waals surface area (Å²) < 4.78 is 0. The molecule has 0 aliphatic rings. The van der Waals surface area contributed by atoms with Gasteiger partial charge in [0.2, 0.25) is 0 Å². The van der Waals surface area contributed by atoms with E-state index in [1.54, 1.807) is 0 Å². The maximum absolute atomic E-state index is 8.81. The van der Waals surface area contributed by atoms with Crippen molar-refractivity contribution in [1.82, 2.24) is 0 Å². The Morgan fingerprint density at radius 1 is 1.00 bits per heavy atom. The summed E-state index contributed by atoms with van der Waals surface area (Å²) in [5.74, 6) is 0.274. The summed E-state index contributed by atoms with van der Waals surface area (Å²) in [5.41, 5.74) is 3.70. The number of rotatable bonds is 3. The maximum atomic E-state index is 8.81. The molecule has 0 spiro atoms. The van der Waals surface area contributed by atoms with Gasteiger partial charge >= 0.3 is 0 Å². The van der Waals surface area contributed by atoms with Crippen LogP contribution in [0, 0.1) is 11.3 Å². The SMILES string of the molecule is CC(CC#N)c1ccccc1-c1ccccc1. The Morgan fingerprint density at radius 3 is 2.35 bits per heavy atom. The summed E-state index contributed by atoms with van der Waals surface area (Å²) in [6, 6.07) is 20.9. The molecule has 1 heteroatoms. The van der Waals surface area contributed by atoms with Gasteiger partial charge in [0.25, 0.3) is 0 Å². The van der Waals surface area contributed by atoms with E-state index < -0.39 is 0 Å².